The van der Waals surface area contributed by atoms with Crippen LogP contribution in [0.1, 0.15) is 18.4 Å². The molecule has 2 rings (SSSR count). The van der Waals surface area contributed by atoms with Gasteiger partial charge in [-0.2, -0.15) is 5.26 Å². The maximum Gasteiger partial charge on any atom is 0.168 e. The van der Waals surface area contributed by atoms with Gasteiger partial charge in [0.05, 0.1) is 19.1 Å². The zero-order valence-electron chi connectivity index (χ0n) is 8.67. The van der Waals surface area contributed by atoms with Crippen LogP contribution in [0.3, 0.4) is 0 Å². The lowest BCUT2D eigenvalue weighted by atomic mass is 10.1. The van der Waals surface area contributed by atoms with Gasteiger partial charge in [-0.1, -0.05) is 0 Å². The highest BCUT2D eigenvalue weighted by atomic mass is 19.1. The summed E-state index contributed by atoms with van der Waals surface area (Å²) >= 11 is 0. The molecule has 0 bridgehead atoms. The molecule has 1 aromatic carbocycles. The molecule has 0 atom stereocenters. The predicted molar refractivity (Wildman–Crippen MR) is 53.9 cm³/mol. The molecule has 1 aliphatic carbocycles. The highest BCUT2D eigenvalue weighted by Gasteiger charge is 2.23. The molecule has 1 saturated carbocycles. The maximum atomic E-state index is 13.4. The summed E-state index contributed by atoms with van der Waals surface area (Å²) in [5.74, 6) is -0.901. The van der Waals surface area contributed by atoms with Gasteiger partial charge in [-0.3, -0.25) is 0 Å². The quantitative estimate of drug-likeness (QED) is 0.786. The van der Waals surface area contributed by atoms with Crippen molar-refractivity contribution in [2.45, 2.75) is 19.3 Å². The largest absolute Gasteiger partial charge is 0.490 e. The molecule has 0 aromatic heterocycles. The molecule has 0 radical (unpaired) electrons. The molecule has 0 unspecified atom stereocenters. The van der Waals surface area contributed by atoms with E-state index in [1.54, 1.807) is 0 Å². The number of nitrogens with zero attached hydrogens (tertiary/aromatic N) is 1. The molecule has 0 N–H and O–H groups in total. The molecule has 2 nitrogen and oxygen atoms in total. The van der Waals surface area contributed by atoms with Crippen LogP contribution in [0.4, 0.5) is 8.78 Å². The summed E-state index contributed by atoms with van der Waals surface area (Å²) in [6, 6.07) is 3.80. The van der Waals surface area contributed by atoms with Gasteiger partial charge in [0.1, 0.15) is 5.82 Å². The van der Waals surface area contributed by atoms with Crippen LogP contribution in [-0.4, -0.2) is 6.61 Å². The summed E-state index contributed by atoms with van der Waals surface area (Å²) in [6.07, 6.45) is 2.14. The Balaban J connectivity index is 2.21. The molecule has 1 fully saturated rings. The van der Waals surface area contributed by atoms with Crippen LogP contribution in [0.15, 0.2) is 12.1 Å². The minimum absolute atomic E-state index is 0.0230. The van der Waals surface area contributed by atoms with Crippen molar-refractivity contribution < 1.29 is 13.5 Å². The number of hydrogen-bond donors (Lipinski definition) is 0. The lowest BCUT2D eigenvalue weighted by molar-refractivity contribution is 0.282. The molecule has 1 aliphatic rings. The van der Waals surface area contributed by atoms with Crippen molar-refractivity contribution in [1.29, 1.82) is 5.26 Å². The number of benzene rings is 1. The van der Waals surface area contributed by atoms with Crippen LogP contribution in [0.5, 0.6) is 5.75 Å². The van der Waals surface area contributed by atoms with E-state index in [1.807, 2.05) is 6.07 Å². The fourth-order valence-corrected chi connectivity index (χ4v) is 1.48. The molecular formula is C12H11F2NO. The zero-order valence-corrected chi connectivity index (χ0v) is 8.67. The van der Waals surface area contributed by atoms with Crippen molar-refractivity contribution in [2.24, 2.45) is 5.92 Å². The third-order valence-corrected chi connectivity index (χ3v) is 2.52. The number of rotatable bonds is 4. The SMILES string of the molecule is N#CCc1cc(F)cc(F)c1OCC1CC1. The van der Waals surface area contributed by atoms with E-state index in [0.717, 1.165) is 25.0 Å². The Hall–Kier alpha value is -1.63. The van der Waals surface area contributed by atoms with E-state index < -0.39 is 11.6 Å². The van der Waals surface area contributed by atoms with Crippen LogP contribution >= 0.6 is 0 Å². The fourth-order valence-electron chi connectivity index (χ4n) is 1.48. The van der Waals surface area contributed by atoms with Crippen LogP contribution < -0.4 is 4.74 Å². The van der Waals surface area contributed by atoms with E-state index in [2.05, 4.69) is 0 Å². The van der Waals surface area contributed by atoms with Gasteiger partial charge in [-0.15, -0.1) is 0 Å². The fraction of sp³-hybridized carbons (Fsp3) is 0.417. The number of hydrogen-bond acceptors (Lipinski definition) is 2. The molecule has 0 spiro atoms. The molecule has 0 aliphatic heterocycles. The van der Waals surface area contributed by atoms with Gasteiger partial charge in [0.15, 0.2) is 11.6 Å². The first-order valence-electron chi connectivity index (χ1n) is 5.18. The number of nitriles is 1. The van der Waals surface area contributed by atoms with Crippen molar-refractivity contribution in [2.75, 3.05) is 6.61 Å². The summed E-state index contributed by atoms with van der Waals surface area (Å²) in [4.78, 5) is 0. The molecule has 4 heteroatoms. The van der Waals surface area contributed by atoms with Crippen molar-refractivity contribution in [3.8, 4) is 11.8 Å². The summed E-state index contributed by atoms with van der Waals surface area (Å²) < 4.78 is 31.7. The van der Waals surface area contributed by atoms with E-state index in [-0.39, 0.29) is 17.7 Å². The van der Waals surface area contributed by atoms with Gasteiger partial charge in [0, 0.05) is 11.6 Å². The van der Waals surface area contributed by atoms with E-state index in [1.165, 1.54) is 0 Å². The van der Waals surface area contributed by atoms with Crippen LogP contribution in [0, 0.1) is 28.9 Å². The number of ether oxygens (including phenoxy) is 1. The minimum Gasteiger partial charge on any atom is -0.490 e. The minimum atomic E-state index is -0.731. The van der Waals surface area contributed by atoms with Crippen molar-refractivity contribution in [3.05, 3.63) is 29.3 Å². The van der Waals surface area contributed by atoms with E-state index in [0.29, 0.717) is 12.5 Å². The lowest BCUT2D eigenvalue weighted by Crippen LogP contribution is -2.04. The Morgan fingerprint density at radius 2 is 2.12 bits per heavy atom. The summed E-state index contributed by atoms with van der Waals surface area (Å²) in [6.45, 7) is 0.445. The van der Waals surface area contributed by atoms with Crippen LogP contribution in [-0.2, 0) is 6.42 Å². The molecule has 16 heavy (non-hydrogen) atoms. The van der Waals surface area contributed by atoms with Gasteiger partial charge in [-0.05, 0) is 24.8 Å². The molecule has 1 aromatic rings. The average Bonchev–Trinajstić information content (AvgIpc) is 3.00. The Morgan fingerprint density at radius 1 is 1.38 bits per heavy atom. The predicted octanol–water partition coefficient (Wildman–Crippen LogP) is 2.82. The zero-order chi connectivity index (χ0) is 11.5. The Bertz CT molecular complexity index is 435. The molecule has 0 amide bonds. The van der Waals surface area contributed by atoms with Crippen LogP contribution in [0.25, 0.3) is 0 Å². The standard InChI is InChI=1S/C12H11F2NO/c13-10-5-9(3-4-15)12(11(14)6-10)16-7-8-1-2-8/h5-6,8H,1-3,7H2. The number of halogens is 2. The van der Waals surface area contributed by atoms with E-state index in [4.69, 9.17) is 10.00 Å². The van der Waals surface area contributed by atoms with E-state index >= 15 is 0 Å². The van der Waals surface area contributed by atoms with Gasteiger partial charge in [0.2, 0.25) is 0 Å². The van der Waals surface area contributed by atoms with Gasteiger partial charge < -0.3 is 4.74 Å². The van der Waals surface area contributed by atoms with E-state index in [9.17, 15) is 8.78 Å². The third kappa shape index (κ3) is 2.48. The lowest BCUT2D eigenvalue weighted by Gasteiger charge is -2.10. The summed E-state index contributed by atoms with van der Waals surface area (Å²) in [5, 5.41) is 8.57. The second kappa shape index (κ2) is 4.48. The smallest absolute Gasteiger partial charge is 0.168 e. The van der Waals surface area contributed by atoms with Crippen molar-refractivity contribution in [3.63, 3.8) is 0 Å². The first-order valence-corrected chi connectivity index (χ1v) is 5.18. The monoisotopic (exact) mass is 223 g/mol. The normalized spacial score (nSPS) is 14.6. The average molecular weight is 223 g/mol. The first kappa shape index (κ1) is 10.9. The highest BCUT2D eigenvalue weighted by molar-refractivity contribution is 5.37. The summed E-state index contributed by atoms with van der Waals surface area (Å²) in [5.41, 5.74) is 0.278. The maximum absolute atomic E-state index is 13.4. The van der Waals surface area contributed by atoms with Gasteiger partial charge >= 0.3 is 0 Å². The van der Waals surface area contributed by atoms with Crippen molar-refractivity contribution in [1.82, 2.24) is 0 Å². The first-order chi connectivity index (χ1) is 7.70. The molecule has 0 saturated heterocycles. The van der Waals surface area contributed by atoms with Gasteiger partial charge in [0.25, 0.3) is 0 Å². The highest BCUT2D eigenvalue weighted by Crippen LogP contribution is 2.31. The molecular weight excluding hydrogens is 212 g/mol. The van der Waals surface area contributed by atoms with Crippen molar-refractivity contribution >= 4 is 0 Å². The molecule has 84 valence electrons. The second-order valence-corrected chi connectivity index (χ2v) is 3.97. The second-order valence-electron chi connectivity index (χ2n) is 3.97. The molecule has 0 heterocycles. The summed E-state index contributed by atoms with van der Waals surface area (Å²) in [7, 11) is 0. The third-order valence-electron chi connectivity index (χ3n) is 2.52. The topological polar surface area (TPSA) is 33.0 Å². The Kier molecular flexibility index (Phi) is 3.04. The van der Waals surface area contributed by atoms with Gasteiger partial charge in [-0.25, -0.2) is 8.78 Å². The Labute approximate surface area is 92.5 Å². The van der Waals surface area contributed by atoms with Crippen LogP contribution in [0.2, 0.25) is 0 Å². The Morgan fingerprint density at radius 3 is 2.75 bits per heavy atom.